The Morgan fingerprint density at radius 1 is 1.29 bits per heavy atom. The second-order valence-electron chi connectivity index (χ2n) is 4.78. The summed E-state index contributed by atoms with van der Waals surface area (Å²) in [5, 5.41) is 2.89. The summed E-state index contributed by atoms with van der Waals surface area (Å²) < 4.78 is 5.74. The van der Waals surface area contributed by atoms with Gasteiger partial charge in [-0.05, 0) is 12.1 Å². The Labute approximate surface area is 134 Å². The maximum absolute atomic E-state index is 11.7. The highest BCUT2D eigenvalue weighted by Crippen LogP contribution is 2.30. The first-order valence-electron chi connectivity index (χ1n) is 6.62. The van der Waals surface area contributed by atoms with Crippen LogP contribution in [0.25, 0.3) is 11.0 Å². The van der Waals surface area contributed by atoms with Crippen molar-refractivity contribution in [1.29, 1.82) is 0 Å². The SMILES string of the molecule is O=C(CI)Nc1cc2[nH]c(=O)[nH]c2cc1N1CCOCC1. The number of aromatic nitrogens is 2. The van der Waals surface area contributed by atoms with Gasteiger partial charge in [0.1, 0.15) is 0 Å². The maximum atomic E-state index is 11.7. The van der Waals surface area contributed by atoms with Gasteiger partial charge in [-0.1, -0.05) is 22.6 Å². The number of imidazole rings is 1. The largest absolute Gasteiger partial charge is 0.378 e. The zero-order chi connectivity index (χ0) is 14.8. The molecule has 1 fully saturated rings. The summed E-state index contributed by atoms with van der Waals surface area (Å²) >= 11 is 2.02. The molecule has 1 amide bonds. The number of anilines is 2. The molecule has 1 aromatic carbocycles. The predicted molar refractivity (Wildman–Crippen MR) is 89.5 cm³/mol. The fraction of sp³-hybridized carbons (Fsp3) is 0.385. The fourth-order valence-electron chi connectivity index (χ4n) is 2.42. The van der Waals surface area contributed by atoms with E-state index in [1.165, 1.54) is 0 Å². The van der Waals surface area contributed by atoms with E-state index < -0.39 is 0 Å². The van der Waals surface area contributed by atoms with E-state index in [2.05, 4.69) is 20.2 Å². The Bertz CT molecular complexity index is 718. The Morgan fingerprint density at radius 3 is 2.62 bits per heavy atom. The highest BCUT2D eigenvalue weighted by molar-refractivity contribution is 14.1. The average Bonchev–Trinajstić information content (AvgIpc) is 2.86. The minimum absolute atomic E-state index is 0.0673. The van der Waals surface area contributed by atoms with Crippen molar-refractivity contribution in [2.24, 2.45) is 0 Å². The van der Waals surface area contributed by atoms with Gasteiger partial charge < -0.3 is 24.9 Å². The van der Waals surface area contributed by atoms with Crippen LogP contribution in [0.2, 0.25) is 0 Å². The summed E-state index contributed by atoms with van der Waals surface area (Å²) in [4.78, 5) is 30.8. The molecule has 1 aliphatic heterocycles. The van der Waals surface area contributed by atoms with Gasteiger partial charge in [0.25, 0.3) is 0 Å². The van der Waals surface area contributed by atoms with Crippen molar-refractivity contribution in [3.8, 4) is 0 Å². The topological polar surface area (TPSA) is 90.2 Å². The molecule has 2 aromatic rings. The van der Waals surface area contributed by atoms with Crippen LogP contribution in [0, 0.1) is 0 Å². The van der Waals surface area contributed by atoms with Gasteiger partial charge in [-0.25, -0.2) is 4.79 Å². The highest BCUT2D eigenvalue weighted by Gasteiger charge is 2.17. The number of aromatic amines is 2. The van der Waals surface area contributed by atoms with Crippen molar-refractivity contribution >= 4 is 50.9 Å². The van der Waals surface area contributed by atoms with E-state index in [-0.39, 0.29) is 11.6 Å². The number of morpholine rings is 1. The van der Waals surface area contributed by atoms with E-state index in [1.54, 1.807) is 6.07 Å². The number of carbonyl (C=O) groups is 1. The van der Waals surface area contributed by atoms with Crippen LogP contribution >= 0.6 is 22.6 Å². The van der Waals surface area contributed by atoms with Crippen molar-refractivity contribution < 1.29 is 9.53 Å². The zero-order valence-electron chi connectivity index (χ0n) is 11.2. The number of nitrogens with zero attached hydrogens (tertiary/aromatic N) is 1. The number of hydrogen-bond donors (Lipinski definition) is 3. The minimum atomic E-state index is -0.254. The van der Waals surface area contributed by atoms with Crippen molar-refractivity contribution in [1.82, 2.24) is 9.97 Å². The molecule has 112 valence electrons. The summed E-state index contributed by atoms with van der Waals surface area (Å²) in [6.07, 6.45) is 0. The van der Waals surface area contributed by atoms with Crippen LogP contribution in [0.4, 0.5) is 11.4 Å². The molecule has 1 saturated heterocycles. The number of rotatable bonds is 3. The molecule has 0 spiro atoms. The number of nitrogens with one attached hydrogen (secondary N) is 3. The smallest absolute Gasteiger partial charge is 0.323 e. The van der Waals surface area contributed by atoms with Gasteiger partial charge in [0, 0.05) is 13.1 Å². The second-order valence-corrected chi connectivity index (χ2v) is 5.54. The molecule has 0 radical (unpaired) electrons. The van der Waals surface area contributed by atoms with Gasteiger partial charge in [-0.3, -0.25) is 4.79 Å². The number of fused-ring (bicyclic) bond motifs is 1. The lowest BCUT2D eigenvalue weighted by Gasteiger charge is -2.30. The predicted octanol–water partition coefficient (Wildman–Crippen LogP) is 1.07. The molecule has 0 saturated carbocycles. The molecule has 3 rings (SSSR count). The summed E-state index contributed by atoms with van der Waals surface area (Å²) in [6.45, 7) is 2.82. The molecule has 1 aliphatic rings. The Balaban J connectivity index is 2.06. The normalized spacial score (nSPS) is 15.4. The standard InChI is InChI=1S/C13H15IN4O3/c14-7-12(19)15-10-5-8-9(17-13(20)16-8)6-11(10)18-1-3-21-4-2-18/h5-6H,1-4,7H2,(H,15,19)(H2,16,17,20). The average molecular weight is 402 g/mol. The van der Waals surface area contributed by atoms with Gasteiger partial charge in [0.2, 0.25) is 5.91 Å². The van der Waals surface area contributed by atoms with Crippen molar-refractivity contribution in [2.75, 3.05) is 40.9 Å². The molecule has 0 aliphatic carbocycles. The number of hydrogen-bond acceptors (Lipinski definition) is 4. The van der Waals surface area contributed by atoms with E-state index in [4.69, 9.17) is 4.74 Å². The molecule has 0 bridgehead atoms. The first-order chi connectivity index (χ1) is 10.2. The van der Waals surface area contributed by atoms with Crippen LogP contribution < -0.4 is 15.9 Å². The van der Waals surface area contributed by atoms with Crippen LogP contribution in [0.1, 0.15) is 0 Å². The molecule has 0 unspecified atom stereocenters. The third kappa shape index (κ3) is 3.05. The Hall–Kier alpha value is -1.55. The summed E-state index contributed by atoms with van der Waals surface area (Å²) in [7, 11) is 0. The Morgan fingerprint density at radius 2 is 1.95 bits per heavy atom. The zero-order valence-corrected chi connectivity index (χ0v) is 13.4. The monoisotopic (exact) mass is 402 g/mol. The lowest BCUT2D eigenvalue weighted by molar-refractivity contribution is -0.113. The van der Waals surface area contributed by atoms with Crippen LogP contribution in [0.3, 0.4) is 0 Å². The molecule has 1 aromatic heterocycles. The van der Waals surface area contributed by atoms with Crippen molar-refractivity contribution in [3.63, 3.8) is 0 Å². The highest BCUT2D eigenvalue weighted by atomic mass is 127. The van der Waals surface area contributed by atoms with Gasteiger partial charge in [-0.15, -0.1) is 0 Å². The van der Waals surface area contributed by atoms with E-state index >= 15 is 0 Å². The number of halogens is 1. The number of carbonyl (C=O) groups excluding carboxylic acids is 1. The number of amides is 1. The van der Waals surface area contributed by atoms with Crippen molar-refractivity contribution in [2.45, 2.75) is 0 Å². The lowest BCUT2D eigenvalue weighted by Crippen LogP contribution is -2.36. The molecule has 21 heavy (non-hydrogen) atoms. The lowest BCUT2D eigenvalue weighted by atomic mass is 10.2. The van der Waals surface area contributed by atoms with E-state index in [9.17, 15) is 9.59 Å². The van der Waals surface area contributed by atoms with Gasteiger partial charge in [-0.2, -0.15) is 0 Å². The van der Waals surface area contributed by atoms with Gasteiger partial charge >= 0.3 is 5.69 Å². The number of ether oxygens (including phenoxy) is 1. The summed E-state index contributed by atoms with van der Waals surface area (Å²) in [5.41, 5.74) is 2.77. The number of H-pyrrole nitrogens is 2. The third-order valence-corrected chi connectivity index (χ3v) is 4.07. The maximum Gasteiger partial charge on any atom is 0.323 e. The van der Waals surface area contributed by atoms with Crippen molar-refractivity contribution in [3.05, 3.63) is 22.6 Å². The van der Waals surface area contributed by atoms with E-state index in [0.717, 1.165) is 24.3 Å². The first-order valence-corrected chi connectivity index (χ1v) is 8.14. The molecule has 8 heteroatoms. The second kappa shape index (κ2) is 6.06. The molecular formula is C13H15IN4O3. The Kier molecular flexibility index (Phi) is 4.15. The number of alkyl halides is 1. The van der Waals surface area contributed by atoms with Crippen LogP contribution in [0.15, 0.2) is 16.9 Å². The van der Waals surface area contributed by atoms with Gasteiger partial charge in [0.15, 0.2) is 0 Å². The minimum Gasteiger partial charge on any atom is -0.378 e. The van der Waals surface area contributed by atoms with Crippen LogP contribution in [0.5, 0.6) is 0 Å². The summed E-state index contributed by atoms with van der Waals surface area (Å²) in [6, 6.07) is 3.68. The number of benzene rings is 1. The molecular weight excluding hydrogens is 387 g/mol. The third-order valence-electron chi connectivity index (χ3n) is 3.38. The summed E-state index contributed by atoms with van der Waals surface area (Å²) in [5.74, 6) is -0.0673. The molecule has 0 atom stereocenters. The van der Waals surface area contributed by atoms with Crippen LogP contribution in [-0.4, -0.2) is 46.6 Å². The molecule has 2 heterocycles. The molecule has 3 N–H and O–H groups in total. The quantitative estimate of drug-likeness (QED) is 0.529. The molecule has 7 nitrogen and oxygen atoms in total. The fourth-order valence-corrected chi connectivity index (χ4v) is 2.61. The van der Waals surface area contributed by atoms with E-state index in [1.807, 2.05) is 28.7 Å². The van der Waals surface area contributed by atoms with Crippen LogP contribution in [-0.2, 0) is 9.53 Å². The first kappa shape index (κ1) is 14.4. The van der Waals surface area contributed by atoms with E-state index in [0.29, 0.717) is 28.8 Å². The van der Waals surface area contributed by atoms with Gasteiger partial charge in [0.05, 0.1) is 40.0 Å².